The van der Waals surface area contributed by atoms with E-state index in [1.165, 1.54) is 11.3 Å². The maximum Gasteiger partial charge on any atom is 0.227 e. The minimum atomic E-state index is 0.161. The van der Waals surface area contributed by atoms with Crippen LogP contribution in [0.15, 0.2) is 61.2 Å². The summed E-state index contributed by atoms with van der Waals surface area (Å²) in [7, 11) is 0. The van der Waals surface area contributed by atoms with Crippen LogP contribution in [0.1, 0.15) is 18.4 Å². The van der Waals surface area contributed by atoms with Gasteiger partial charge in [-0.3, -0.25) is 9.69 Å². The van der Waals surface area contributed by atoms with Crippen LogP contribution in [-0.2, 0) is 11.2 Å². The van der Waals surface area contributed by atoms with Crippen molar-refractivity contribution >= 4 is 17.3 Å². The molecule has 2 aliphatic heterocycles. The molecule has 0 bridgehead atoms. The largest absolute Gasteiger partial charge is 0.493 e. The van der Waals surface area contributed by atoms with Crippen molar-refractivity contribution < 1.29 is 9.53 Å². The molecule has 1 amide bonds. The van der Waals surface area contributed by atoms with E-state index in [2.05, 4.69) is 52.8 Å². The number of nitrogens with zero attached hydrogens (tertiary/aromatic N) is 3. The lowest BCUT2D eigenvalue weighted by Gasteiger charge is -2.36. The number of benzene rings is 2. The summed E-state index contributed by atoms with van der Waals surface area (Å²) in [6.07, 6.45) is 4.14. The van der Waals surface area contributed by atoms with Gasteiger partial charge < -0.3 is 14.5 Å². The average Bonchev–Trinajstić information content (AvgIpc) is 2.80. The van der Waals surface area contributed by atoms with Crippen molar-refractivity contribution in [3.8, 4) is 5.75 Å². The van der Waals surface area contributed by atoms with E-state index in [0.717, 1.165) is 57.0 Å². The van der Waals surface area contributed by atoms with Crippen LogP contribution in [0, 0.1) is 0 Å². The molecule has 5 nitrogen and oxygen atoms in total. The molecule has 0 aliphatic carbocycles. The number of para-hydroxylation sites is 1. The summed E-state index contributed by atoms with van der Waals surface area (Å²) < 4.78 is 6.01. The number of fused-ring (bicyclic) bond motifs is 1. The predicted octanol–water partition coefficient (Wildman–Crippen LogP) is 3.74. The summed E-state index contributed by atoms with van der Waals surface area (Å²) in [4.78, 5) is 19.0. The number of carbonyl (C=O) groups excluding carboxylic acids is 1. The molecule has 4 rings (SSSR count). The number of aryl methyl sites for hydroxylation is 1. The second-order valence-electron chi connectivity index (χ2n) is 7.95. The number of carbonyl (C=O) groups is 1. The average molecular weight is 406 g/mol. The van der Waals surface area contributed by atoms with Crippen LogP contribution >= 0.6 is 0 Å². The van der Waals surface area contributed by atoms with Crippen LogP contribution in [0.4, 0.5) is 11.4 Å². The lowest BCUT2D eigenvalue weighted by atomic mass is 10.0. The van der Waals surface area contributed by atoms with E-state index in [4.69, 9.17) is 4.74 Å². The first kappa shape index (κ1) is 20.5. The monoisotopic (exact) mass is 405 g/mol. The second kappa shape index (κ2) is 9.81. The lowest BCUT2D eigenvalue weighted by molar-refractivity contribution is -0.118. The quantitative estimate of drug-likeness (QED) is 0.495. The minimum absolute atomic E-state index is 0.161. The summed E-state index contributed by atoms with van der Waals surface area (Å²) in [6.45, 7) is 10.4. The van der Waals surface area contributed by atoms with Crippen molar-refractivity contribution in [1.82, 2.24) is 4.90 Å². The molecule has 2 aromatic carbocycles. The van der Waals surface area contributed by atoms with Gasteiger partial charge in [-0.2, -0.15) is 0 Å². The first-order valence-electron chi connectivity index (χ1n) is 10.9. The van der Waals surface area contributed by atoms with Crippen molar-refractivity contribution in [3.05, 3.63) is 66.7 Å². The van der Waals surface area contributed by atoms with Gasteiger partial charge in [0.25, 0.3) is 0 Å². The molecule has 0 radical (unpaired) electrons. The van der Waals surface area contributed by atoms with Gasteiger partial charge in [0, 0.05) is 57.4 Å². The zero-order valence-electron chi connectivity index (χ0n) is 17.6. The Morgan fingerprint density at radius 2 is 1.80 bits per heavy atom. The maximum atomic E-state index is 12.2. The molecule has 0 atom stereocenters. The van der Waals surface area contributed by atoms with E-state index < -0.39 is 0 Å². The minimum Gasteiger partial charge on any atom is -0.493 e. The highest BCUT2D eigenvalue weighted by atomic mass is 16.5. The van der Waals surface area contributed by atoms with Crippen LogP contribution in [0.2, 0.25) is 0 Å². The molecule has 0 unspecified atom stereocenters. The molecule has 30 heavy (non-hydrogen) atoms. The van der Waals surface area contributed by atoms with Crippen LogP contribution in [-0.4, -0.2) is 56.7 Å². The molecule has 0 saturated carbocycles. The fraction of sp³-hybridized carbons (Fsp3) is 0.400. The summed E-state index contributed by atoms with van der Waals surface area (Å²) in [6, 6.07) is 16.8. The van der Waals surface area contributed by atoms with Crippen molar-refractivity contribution in [2.45, 2.75) is 19.3 Å². The number of rotatable bonds is 8. The smallest absolute Gasteiger partial charge is 0.227 e. The Kier molecular flexibility index (Phi) is 6.70. The molecule has 0 N–H and O–H groups in total. The third kappa shape index (κ3) is 4.85. The summed E-state index contributed by atoms with van der Waals surface area (Å²) in [5.41, 5.74) is 3.50. The zero-order chi connectivity index (χ0) is 20.8. The van der Waals surface area contributed by atoms with Gasteiger partial charge in [0.1, 0.15) is 5.75 Å². The van der Waals surface area contributed by atoms with E-state index in [-0.39, 0.29) is 5.91 Å². The van der Waals surface area contributed by atoms with E-state index in [1.54, 1.807) is 6.08 Å². The highest BCUT2D eigenvalue weighted by Crippen LogP contribution is 2.31. The molecule has 2 heterocycles. The Hall–Kier alpha value is -2.79. The fourth-order valence-electron chi connectivity index (χ4n) is 4.28. The van der Waals surface area contributed by atoms with E-state index in [9.17, 15) is 4.79 Å². The Bertz CT molecular complexity index is 860. The van der Waals surface area contributed by atoms with Crippen LogP contribution in [0.25, 0.3) is 0 Å². The number of ether oxygens (including phenoxy) is 1. The third-order valence-electron chi connectivity index (χ3n) is 5.95. The fourth-order valence-corrected chi connectivity index (χ4v) is 4.28. The topological polar surface area (TPSA) is 36.0 Å². The Balaban J connectivity index is 1.23. The molecule has 0 spiro atoms. The molecule has 0 aromatic heterocycles. The normalized spacial score (nSPS) is 17.0. The highest BCUT2D eigenvalue weighted by Gasteiger charge is 2.23. The Morgan fingerprint density at radius 1 is 1.00 bits per heavy atom. The maximum absolute atomic E-state index is 12.2. The van der Waals surface area contributed by atoms with Gasteiger partial charge >= 0.3 is 0 Å². The van der Waals surface area contributed by atoms with Gasteiger partial charge in [0.05, 0.1) is 12.3 Å². The summed E-state index contributed by atoms with van der Waals surface area (Å²) in [5.74, 6) is 1.00. The molecule has 1 fully saturated rings. The first-order chi connectivity index (χ1) is 14.7. The van der Waals surface area contributed by atoms with Gasteiger partial charge in [0.2, 0.25) is 5.91 Å². The van der Waals surface area contributed by atoms with E-state index in [1.807, 2.05) is 17.0 Å². The van der Waals surface area contributed by atoms with Gasteiger partial charge in [-0.15, -0.1) is 6.58 Å². The third-order valence-corrected chi connectivity index (χ3v) is 5.95. The van der Waals surface area contributed by atoms with Gasteiger partial charge in [-0.1, -0.05) is 30.3 Å². The summed E-state index contributed by atoms with van der Waals surface area (Å²) >= 11 is 0. The zero-order valence-corrected chi connectivity index (χ0v) is 17.6. The SMILES string of the molecule is C=CCN1C(=O)CCc2ccc(OCCCN3CCN(c4ccccc4)CC3)cc21. The van der Waals surface area contributed by atoms with Gasteiger partial charge in [-0.25, -0.2) is 0 Å². The van der Waals surface area contributed by atoms with Crippen molar-refractivity contribution in [2.24, 2.45) is 0 Å². The van der Waals surface area contributed by atoms with Crippen molar-refractivity contribution in [2.75, 3.05) is 55.7 Å². The van der Waals surface area contributed by atoms with Crippen molar-refractivity contribution in [3.63, 3.8) is 0 Å². The number of piperazine rings is 1. The Labute approximate surface area is 179 Å². The number of amides is 1. The first-order valence-corrected chi connectivity index (χ1v) is 10.9. The van der Waals surface area contributed by atoms with Crippen LogP contribution in [0.5, 0.6) is 5.75 Å². The summed E-state index contributed by atoms with van der Waals surface area (Å²) in [5, 5.41) is 0. The van der Waals surface area contributed by atoms with Gasteiger partial charge in [0.15, 0.2) is 0 Å². The second-order valence-corrected chi connectivity index (χ2v) is 7.95. The van der Waals surface area contributed by atoms with E-state index in [0.29, 0.717) is 19.6 Å². The van der Waals surface area contributed by atoms with Crippen LogP contribution < -0.4 is 14.5 Å². The molecule has 158 valence electrons. The number of anilines is 2. The molecular formula is C25H31N3O2. The number of hydrogen-bond donors (Lipinski definition) is 0. The van der Waals surface area contributed by atoms with Gasteiger partial charge in [-0.05, 0) is 36.6 Å². The molecule has 2 aromatic rings. The molecular weight excluding hydrogens is 374 g/mol. The molecule has 5 heteroatoms. The molecule has 1 saturated heterocycles. The van der Waals surface area contributed by atoms with E-state index >= 15 is 0 Å². The number of hydrogen-bond acceptors (Lipinski definition) is 4. The van der Waals surface area contributed by atoms with Crippen molar-refractivity contribution in [1.29, 1.82) is 0 Å². The lowest BCUT2D eigenvalue weighted by Crippen LogP contribution is -2.46. The Morgan fingerprint density at radius 3 is 2.57 bits per heavy atom. The molecule has 2 aliphatic rings. The standard InChI is InChI=1S/C25H31N3O2/c1-2-13-28-24-20-23(11-9-21(24)10-12-25(28)29)30-19-6-14-26-15-17-27(18-16-26)22-7-4-3-5-8-22/h2-5,7-9,11,20H,1,6,10,12-19H2. The predicted molar refractivity (Wildman–Crippen MR) is 123 cm³/mol. The van der Waals surface area contributed by atoms with Crippen LogP contribution in [0.3, 0.4) is 0 Å². The highest BCUT2D eigenvalue weighted by molar-refractivity contribution is 5.96.